The standard InChI is InChI=1S/C19H18O/c1-19(2,3)17-14-11-7-8-12-15(14)18(20)16(17)13-9-5-4-6-10-13/h4-12H,1-3H3. The Balaban J connectivity index is 2.32. The van der Waals surface area contributed by atoms with Crippen molar-refractivity contribution in [1.29, 1.82) is 0 Å². The normalized spacial score (nSPS) is 14.7. The average molecular weight is 262 g/mol. The van der Waals surface area contributed by atoms with Crippen molar-refractivity contribution in [2.24, 2.45) is 5.41 Å². The maximum Gasteiger partial charge on any atom is 0.194 e. The first-order chi connectivity index (χ1) is 9.50. The van der Waals surface area contributed by atoms with Crippen LogP contribution in [0.5, 0.6) is 0 Å². The topological polar surface area (TPSA) is 17.1 Å². The molecule has 1 aliphatic rings. The lowest BCUT2D eigenvalue weighted by Gasteiger charge is -2.23. The van der Waals surface area contributed by atoms with E-state index in [2.05, 4.69) is 26.8 Å². The Hall–Kier alpha value is -2.15. The SMILES string of the molecule is CC(C)(C)C1=C(c2ccccc2)C(=O)c2ccccc21. The van der Waals surface area contributed by atoms with Gasteiger partial charge in [0.05, 0.1) is 0 Å². The lowest BCUT2D eigenvalue weighted by atomic mass is 9.80. The highest BCUT2D eigenvalue weighted by atomic mass is 16.1. The van der Waals surface area contributed by atoms with E-state index in [0.29, 0.717) is 0 Å². The van der Waals surface area contributed by atoms with Crippen LogP contribution < -0.4 is 0 Å². The summed E-state index contributed by atoms with van der Waals surface area (Å²) in [5, 5.41) is 0. The molecule has 0 N–H and O–H groups in total. The van der Waals surface area contributed by atoms with E-state index in [1.807, 2.05) is 48.5 Å². The van der Waals surface area contributed by atoms with Gasteiger partial charge >= 0.3 is 0 Å². The maximum absolute atomic E-state index is 12.8. The number of fused-ring (bicyclic) bond motifs is 1. The summed E-state index contributed by atoms with van der Waals surface area (Å²) in [5.74, 6) is 0.150. The second-order valence-electron chi connectivity index (χ2n) is 6.24. The van der Waals surface area contributed by atoms with Crippen LogP contribution in [0.4, 0.5) is 0 Å². The third-order valence-corrected chi connectivity index (χ3v) is 3.73. The Morgan fingerprint density at radius 3 is 1.90 bits per heavy atom. The Morgan fingerprint density at radius 1 is 0.750 bits per heavy atom. The van der Waals surface area contributed by atoms with Crippen molar-refractivity contribution in [2.75, 3.05) is 0 Å². The predicted octanol–water partition coefficient (Wildman–Crippen LogP) is 4.84. The molecule has 1 nitrogen and oxygen atoms in total. The van der Waals surface area contributed by atoms with Crippen molar-refractivity contribution in [3.8, 4) is 0 Å². The van der Waals surface area contributed by atoms with Gasteiger partial charge in [0, 0.05) is 11.1 Å². The second kappa shape index (κ2) is 4.45. The molecule has 0 unspecified atom stereocenters. The van der Waals surface area contributed by atoms with Gasteiger partial charge in [-0.25, -0.2) is 0 Å². The zero-order valence-corrected chi connectivity index (χ0v) is 12.1. The van der Waals surface area contributed by atoms with E-state index >= 15 is 0 Å². The van der Waals surface area contributed by atoms with Crippen LogP contribution in [0.25, 0.3) is 11.1 Å². The molecule has 0 fully saturated rings. The highest BCUT2D eigenvalue weighted by molar-refractivity contribution is 6.40. The molecule has 0 amide bonds. The molecule has 1 heteroatoms. The second-order valence-corrected chi connectivity index (χ2v) is 6.24. The van der Waals surface area contributed by atoms with Crippen LogP contribution in [0.2, 0.25) is 0 Å². The molecule has 0 aliphatic heterocycles. The third-order valence-electron chi connectivity index (χ3n) is 3.73. The van der Waals surface area contributed by atoms with Crippen LogP contribution in [0.3, 0.4) is 0 Å². The average Bonchev–Trinajstić information content (AvgIpc) is 2.73. The molecular formula is C19H18O. The molecule has 3 rings (SSSR count). The molecule has 0 bridgehead atoms. The van der Waals surface area contributed by atoms with Gasteiger partial charge in [-0.05, 0) is 22.1 Å². The Bertz CT molecular complexity index is 700. The number of allylic oxidation sites excluding steroid dienone is 2. The Morgan fingerprint density at radius 2 is 1.30 bits per heavy atom. The fourth-order valence-electron chi connectivity index (χ4n) is 2.94. The quantitative estimate of drug-likeness (QED) is 0.718. The number of carbonyl (C=O) groups excluding carboxylic acids is 1. The van der Waals surface area contributed by atoms with Gasteiger partial charge < -0.3 is 0 Å². The van der Waals surface area contributed by atoms with E-state index in [-0.39, 0.29) is 11.2 Å². The van der Waals surface area contributed by atoms with Gasteiger partial charge in [-0.1, -0.05) is 75.4 Å². The first-order valence-electron chi connectivity index (χ1n) is 6.94. The summed E-state index contributed by atoms with van der Waals surface area (Å²) < 4.78 is 0. The first kappa shape index (κ1) is 12.9. The minimum absolute atomic E-state index is 0.0621. The number of hydrogen-bond donors (Lipinski definition) is 0. The largest absolute Gasteiger partial charge is 0.289 e. The number of carbonyl (C=O) groups is 1. The zero-order valence-electron chi connectivity index (χ0n) is 12.1. The summed E-state index contributed by atoms with van der Waals surface area (Å²) in [6, 6.07) is 17.9. The predicted molar refractivity (Wildman–Crippen MR) is 83.5 cm³/mol. The van der Waals surface area contributed by atoms with Crippen molar-refractivity contribution in [3.63, 3.8) is 0 Å². The minimum atomic E-state index is -0.0621. The molecule has 20 heavy (non-hydrogen) atoms. The molecule has 1 aliphatic carbocycles. The van der Waals surface area contributed by atoms with Crippen LogP contribution >= 0.6 is 0 Å². The van der Waals surface area contributed by atoms with Gasteiger partial charge in [-0.15, -0.1) is 0 Å². The van der Waals surface area contributed by atoms with Crippen molar-refractivity contribution in [3.05, 3.63) is 71.3 Å². The van der Waals surface area contributed by atoms with Crippen molar-refractivity contribution >= 4 is 16.9 Å². The highest BCUT2D eigenvalue weighted by Crippen LogP contribution is 2.47. The van der Waals surface area contributed by atoms with Gasteiger partial charge in [0.25, 0.3) is 0 Å². The molecule has 0 saturated heterocycles. The smallest absolute Gasteiger partial charge is 0.194 e. The minimum Gasteiger partial charge on any atom is -0.289 e. The number of rotatable bonds is 1. The lowest BCUT2D eigenvalue weighted by molar-refractivity contribution is 0.105. The molecule has 0 saturated carbocycles. The number of benzene rings is 2. The summed E-state index contributed by atoms with van der Waals surface area (Å²) in [5.41, 5.74) is 4.88. The van der Waals surface area contributed by atoms with Crippen LogP contribution in [0.1, 0.15) is 42.3 Å². The fraction of sp³-hybridized carbons (Fsp3) is 0.211. The molecule has 0 aromatic heterocycles. The molecule has 2 aromatic rings. The van der Waals surface area contributed by atoms with Crippen LogP contribution in [0, 0.1) is 5.41 Å². The number of hydrogen-bond acceptors (Lipinski definition) is 1. The monoisotopic (exact) mass is 262 g/mol. The van der Waals surface area contributed by atoms with Gasteiger partial charge in [-0.2, -0.15) is 0 Å². The van der Waals surface area contributed by atoms with Gasteiger partial charge in [-0.3, -0.25) is 4.79 Å². The molecule has 0 atom stereocenters. The maximum atomic E-state index is 12.8. The molecular weight excluding hydrogens is 244 g/mol. The van der Waals surface area contributed by atoms with Crippen molar-refractivity contribution in [1.82, 2.24) is 0 Å². The van der Waals surface area contributed by atoms with Crippen LogP contribution in [-0.4, -0.2) is 5.78 Å². The Kier molecular flexibility index (Phi) is 2.86. The summed E-state index contributed by atoms with van der Waals surface area (Å²) >= 11 is 0. The van der Waals surface area contributed by atoms with Crippen molar-refractivity contribution < 1.29 is 4.79 Å². The van der Waals surface area contributed by atoms with E-state index in [4.69, 9.17) is 0 Å². The number of ketones is 1. The fourth-order valence-corrected chi connectivity index (χ4v) is 2.94. The summed E-state index contributed by atoms with van der Waals surface area (Å²) in [7, 11) is 0. The molecule has 0 heterocycles. The van der Waals surface area contributed by atoms with E-state index in [1.165, 1.54) is 0 Å². The molecule has 100 valence electrons. The molecule has 0 spiro atoms. The lowest BCUT2D eigenvalue weighted by Crippen LogP contribution is -2.09. The summed E-state index contributed by atoms with van der Waals surface area (Å²) in [4.78, 5) is 12.8. The molecule has 0 radical (unpaired) electrons. The summed E-state index contributed by atoms with van der Waals surface area (Å²) in [6.07, 6.45) is 0. The van der Waals surface area contributed by atoms with Crippen LogP contribution in [0.15, 0.2) is 54.6 Å². The van der Waals surface area contributed by atoms with Crippen molar-refractivity contribution in [2.45, 2.75) is 20.8 Å². The van der Waals surface area contributed by atoms with Gasteiger partial charge in [0.1, 0.15) is 0 Å². The van der Waals surface area contributed by atoms with E-state index in [1.54, 1.807) is 0 Å². The highest BCUT2D eigenvalue weighted by Gasteiger charge is 2.35. The molecule has 2 aromatic carbocycles. The van der Waals surface area contributed by atoms with Crippen LogP contribution in [-0.2, 0) is 0 Å². The summed E-state index contributed by atoms with van der Waals surface area (Å²) in [6.45, 7) is 6.50. The van der Waals surface area contributed by atoms with Gasteiger partial charge in [0.2, 0.25) is 0 Å². The number of Topliss-reactive ketones (excluding diaryl/α,β-unsaturated/α-hetero) is 1. The van der Waals surface area contributed by atoms with Gasteiger partial charge in [0.15, 0.2) is 5.78 Å². The third kappa shape index (κ3) is 1.90. The Labute approximate surface area is 120 Å². The van der Waals surface area contributed by atoms with E-state index in [0.717, 1.165) is 27.8 Å². The first-order valence-corrected chi connectivity index (χ1v) is 6.94. The van der Waals surface area contributed by atoms with E-state index in [9.17, 15) is 4.79 Å². The van der Waals surface area contributed by atoms with E-state index < -0.39 is 0 Å². The zero-order chi connectivity index (χ0) is 14.3.